The molecule has 3 fully saturated rings. The summed E-state index contributed by atoms with van der Waals surface area (Å²) in [4.78, 5) is 40.7. The van der Waals surface area contributed by atoms with E-state index in [1.54, 1.807) is 29.2 Å². The molecular weight excluding hydrogens is 502 g/mol. The maximum atomic E-state index is 13.5. The number of esters is 2. The van der Waals surface area contributed by atoms with Crippen LogP contribution in [0.25, 0.3) is 0 Å². The summed E-state index contributed by atoms with van der Waals surface area (Å²) in [5, 5.41) is 0. The van der Waals surface area contributed by atoms with Crippen LogP contribution in [-0.2, 0) is 23.7 Å². The fourth-order valence-electron chi connectivity index (χ4n) is 6.04. The molecule has 0 aromatic heterocycles. The van der Waals surface area contributed by atoms with E-state index in [1.165, 1.54) is 0 Å². The molecule has 1 spiro atoms. The van der Waals surface area contributed by atoms with Crippen molar-refractivity contribution < 1.29 is 33.3 Å². The molecule has 7 atom stereocenters. The predicted octanol–water partition coefficient (Wildman–Crippen LogP) is 5.49. The second kappa shape index (κ2) is 11.4. The van der Waals surface area contributed by atoms with Crippen LogP contribution in [0.5, 0.6) is 0 Å². The summed E-state index contributed by atoms with van der Waals surface area (Å²) in [6.45, 7) is 13.8. The van der Waals surface area contributed by atoms with Gasteiger partial charge in [0.05, 0.1) is 12.2 Å². The van der Waals surface area contributed by atoms with E-state index in [9.17, 15) is 14.4 Å². The van der Waals surface area contributed by atoms with Gasteiger partial charge in [-0.3, -0.25) is 9.69 Å². The first-order chi connectivity index (χ1) is 17.9. The minimum Gasteiger partial charge on any atom is -0.459 e. The van der Waals surface area contributed by atoms with Gasteiger partial charge in [0.2, 0.25) is 0 Å². The van der Waals surface area contributed by atoms with Gasteiger partial charge in [0, 0.05) is 33.4 Å². The second-order valence-corrected chi connectivity index (χ2v) is 18.4. The van der Waals surface area contributed by atoms with Gasteiger partial charge in [-0.1, -0.05) is 58.6 Å². The Morgan fingerprint density at radius 1 is 1.08 bits per heavy atom. The first-order valence-electron chi connectivity index (χ1n) is 14.0. The first kappa shape index (κ1) is 28.6. The number of carbonyl (C=O) groups excluding carboxylic acids is 3. The number of cyclic esters (lactones) is 1. The van der Waals surface area contributed by atoms with Crippen molar-refractivity contribution in [2.75, 3.05) is 13.2 Å². The molecule has 1 amide bonds. The van der Waals surface area contributed by atoms with Crippen LogP contribution in [0.2, 0.25) is 25.7 Å². The first-order valence-corrected chi connectivity index (χ1v) is 17.7. The summed E-state index contributed by atoms with van der Waals surface area (Å²) < 4.78 is 24.4. The van der Waals surface area contributed by atoms with E-state index >= 15 is 0 Å². The van der Waals surface area contributed by atoms with E-state index in [2.05, 4.69) is 33.5 Å². The molecule has 1 aromatic carbocycles. The minimum absolute atomic E-state index is 0.0320. The summed E-state index contributed by atoms with van der Waals surface area (Å²) in [6.07, 6.45) is -0.202. The van der Waals surface area contributed by atoms with Crippen molar-refractivity contribution in [3.8, 4) is 0 Å². The van der Waals surface area contributed by atoms with Gasteiger partial charge in [0.1, 0.15) is 18.3 Å². The van der Waals surface area contributed by atoms with Crippen molar-refractivity contribution in [3.63, 3.8) is 0 Å². The number of amides is 1. The molecule has 9 heteroatoms. The molecule has 4 rings (SSSR count). The molecule has 3 saturated heterocycles. The van der Waals surface area contributed by atoms with Crippen LogP contribution >= 0.6 is 0 Å². The lowest BCUT2D eigenvalue weighted by Crippen LogP contribution is -2.61. The van der Waals surface area contributed by atoms with Crippen LogP contribution in [0.15, 0.2) is 30.3 Å². The van der Waals surface area contributed by atoms with Crippen molar-refractivity contribution in [2.45, 2.75) is 96.2 Å². The molecule has 1 aromatic rings. The predicted molar refractivity (Wildman–Crippen MR) is 145 cm³/mol. The molecule has 38 heavy (non-hydrogen) atoms. The molecule has 0 saturated carbocycles. The number of carbonyl (C=O) groups is 3. The molecule has 8 nitrogen and oxygen atoms in total. The van der Waals surface area contributed by atoms with Crippen molar-refractivity contribution >= 4 is 26.1 Å². The number of benzene rings is 1. The Labute approximate surface area is 227 Å². The number of ether oxygens (including phenoxy) is 4. The lowest BCUT2D eigenvalue weighted by Gasteiger charge is -2.49. The van der Waals surface area contributed by atoms with Crippen molar-refractivity contribution in [1.82, 2.24) is 4.90 Å². The van der Waals surface area contributed by atoms with Crippen molar-refractivity contribution in [3.05, 3.63) is 35.9 Å². The van der Waals surface area contributed by atoms with Gasteiger partial charge >= 0.3 is 18.0 Å². The summed E-state index contributed by atoms with van der Waals surface area (Å²) in [5.41, 5.74) is -0.573. The van der Waals surface area contributed by atoms with Gasteiger partial charge < -0.3 is 18.9 Å². The Morgan fingerprint density at radius 2 is 1.79 bits per heavy atom. The smallest absolute Gasteiger partial charge is 0.412 e. The van der Waals surface area contributed by atoms with E-state index in [0.29, 0.717) is 38.0 Å². The number of rotatable bonds is 6. The summed E-state index contributed by atoms with van der Waals surface area (Å²) >= 11 is 0. The molecule has 3 aliphatic rings. The van der Waals surface area contributed by atoms with Gasteiger partial charge in [-0.25, -0.2) is 9.59 Å². The van der Waals surface area contributed by atoms with E-state index in [4.69, 9.17) is 18.9 Å². The highest BCUT2D eigenvalue weighted by Gasteiger charge is 2.61. The maximum Gasteiger partial charge on any atom is 0.412 e. The van der Waals surface area contributed by atoms with Crippen LogP contribution in [-0.4, -0.2) is 68.2 Å². The number of piperidine rings is 1. The lowest BCUT2D eigenvalue weighted by molar-refractivity contribution is -0.216. The van der Waals surface area contributed by atoms with Gasteiger partial charge in [0.25, 0.3) is 0 Å². The van der Waals surface area contributed by atoms with Crippen molar-refractivity contribution in [1.29, 1.82) is 0 Å². The largest absolute Gasteiger partial charge is 0.459 e. The van der Waals surface area contributed by atoms with E-state index in [0.717, 1.165) is 12.5 Å². The average molecular weight is 546 g/mol. The maximum absolute atomic E-state index is 13.5. The Morgan fingerprint density at radius 3 is 2.45 bits per heavy atom. The number of likely N-dealkylation sites (tertiary alicyclic amines) is 1. The van der Waals surface area contributed by atoms with E-state index in [1.807, 2.05) is 13.0 Å². The van der Waals surface area contributed by atoms with Gasteiger partial charge in [-0.15, -0.1) is 0 Å². The van der Waals surface area contributed by atoms with E-state index in [-0.39, 0.29) is 23.7 Å². The van der Waals surface area contributed by atoms with E-state index < -0.39 is 44.2 Å². The van der Waals surface area contributed by atoms with Crippen molar-refractivity contribution in [2.24, 2.45) is 17.8 Å². The van der Waals surface area contributed by atoms with Gasteiger partial charge in [-0.2, -0.15) is 0 Å². The fourth-order valence-corrected chi connectivity index (χ4v) is 6.75. The molecule has 0 bridgehead atoms. The third kappa shape index (κ3) is 6.42. The molecule has 0 N–H and O–H groups in total. The zero-order valence-electron chi connectivity index (χ0n) is 23.6. The van der Waals surface area contributed by atoms with Crippen LogP contribution in [0.4, 0.5) is 4.79 Å². The number of nitrogens with zero attached hydrogens (tertiary/aromatic N) is 1. The highest BCUT2D eigenvalue weighted by molar-refractivity contribution is 6.76. The monoisotopic (exact) mass is 545 g/mol. The number of hydrogen-bond donors (Lipinski definition) is 0. The fraction of sp³-hybridized carbons (Fsp3) is 0.690. The summed E-state index contributed by atoms with van der Waals surface area (Å²) in [6, 6.07) is 9.70. The molecule has 0 unspecified atom stereocenters. The summed E-state index contributed by atoms with van der Waals surface area (Å²) in [7, 11) is -1.38. The standard InChI is InChI=1S/C29H43NO7Si/c1-19-15-23(35-25(31)16-19)26-24(36-27(32)22-10-8-7-9-11-22)17-29(37-26)21(3)14-20(2)18-30(29)28(33)34-12-13-38(4,5)6/h7-11,19-21,23-24,26H,12-18H2,1-6H3/t19-,20+,21-,23+,24-,26+,29-/m1/s1. The van der Waals surface area contributed by atoms with Crippen LogP contribution in [0.1, 0.15) is 56.8 Å². The highest BCUT2D eigenvalue weighted by atomic mass is 28.3. The topological polar surface area (TPSA) is 91.4 Å². The third-order valence-corrected chi connectivity index (χ3v) is 9.75. The Balaban J connectivity index is 1.62. The van der Waals surface area contributed by atoms with Gasteiger partial charge in [0.15, 0.2) is 5.72 Å². The lowest BCUT2D eigenvalue weighted by atomic mass is 9.80. The molecular formula is C29H43NO7Si. The Kier molecular flexibility index (Phi) is 8.57. The van der Waals surface area contributed by atoms with Gasteiger partial charge in [-0.05, 0) is 42.9 Å². The van der Waals surface area contributed by atoms with Crippen LogP contribution in [0, 0.1) is 17.8 Å². The Hall–Kier alpha value is -2.39. The minimum atomic E-state index is -1.38. The SMILES string of the molecule is C[C@H]1CC(=O)O[C@H]([C@@H]2O[C@]3(C[C@H]2OC(=O)c2ccccc2)[C@H](C)C[C@H](C)CN3C(=O)OCC[Si](C)(C)C)C1. The molecule has 0 aliphatic carbocycles. The molecule has 210 valence electrons. The van der Waals surface area contributed by atoms with Crippen LogP contribution in [0.3, 0.4) is 0 Å². The Bertz CT molecular complexity index is 1010. The average Bonchev–Trinajstić information content (AvgIpc) is 3.20. The normalized spacial score (nSPS) is 33.6. The summed E-state index contributed by atoms with van der Waals surface area (Å²) in [5.74, 6) is -0.383. The molecule has 0 radical (unpaired) electrons. The zero-order valence-corrected chi connectivity index (χ0v) is 24.6. The highest BCUT2D eigenvalue weighted by Crippen LogP contribution is 2.48. The van der Waals surface area contributed by atoms with Crippen LogP contribution < -0.4 is 0 Å². The third-order valence-electron chi connectivity index (χ3n) is 8.04. The zero-order chi connectivity index (χ0) is 27.7. The quantitative estimate of drug-likeness (QED) is 0.265. The molecule has 3 aliphatic heterocycles. The molecule has 3 heterocycles. The second-order valence-electron chi connectivity index (χ2n) is 12.8. The number of hydrogen-bond acceptors (Lipinski definition) is 7.